The highest BCUT2D eigenvalue weighted by Gasteiger charge is 2.25. The molecule has 0 bridgehead atoms. The van der Waals surface area contributed by atoms with Crippen molar-refractivity contribution in [2.75, 3.05) is 13.1 Å². The highest BCUT2D eigenvalue weighted by atomic mass is 16.5. The van der Waals surface area contributed by atoms with Crippen molar-refractivity contribution in [3.05, 3.63) is 96.0 Å². The van der Waals surface area contributed by atoms with E-state index in [1.54, 1.807) is 6.26 Å². The molecule has 5 heteroatoms. The van der Waals surface area contributed by atoms with Gasteiger partial charge in [0, 0.05) is 35.7 Å². The summed E-state index contributed by atoms with van der Waals surface area (Å²) >= 11 is 0. The molecule has 1 atom stereocenters. The molecule has 36 heavy (non-hydrogen) atoms. The van der Waals surface area contributed by atoms with E-state index in [-0.39, 0.29) is 12.0 Å². The SMILES string of the molecule is CC(Oc1ccc(C(=O)c2oc3cc4c(cc3c2-c2ccccc2)CC=CO4)cc1)N1CCCCC1. The molecule has 0 amide bonds. The fourth-order valence-corrected chi connectivity index (χ4v) is 5.16. The number of piperidine rings is 1. The van der Waals surface area contributed by atoms with Crippen LogP contribution in [0.1, 0.15) is 47.9 Å². The molecule has 1 fully saturated rings. The van der Waals surface area contributed by atoms with E-state index in [0.29, 0.717) is 16.9 Å². The molecular weight excluding hydrogens is 450 g/mol. The van der Waals surface area contributed by atoms with Crippen molar-refractivity contribution in [2.24, 2.45) is 0 Å². The molecule has 182 valence electrons. The molecule has 3 aromatic carbocycles. The first kappa shape index (κ1) is 22.6. The first-order valence-electron chi connectivity index (χ1n) is 12.7. The minimum absolute atomic E-state index is 0.00893. The number of ketones is 1. The number of rotatable bonds is 6. The second-order valence-corrected chi connectivity index (χ2v) is 9.49. The molecule has 0 spiro atoms. The third kappa shape index (κ3) is 4.31. The van der Waals surface area contributed by atoms with E-state index >= 15 is 0 Å². The molecule has 6 rings (SSSR count). The van der Waals surface area contributed by atoms with Crippen molar-refractivity contribution in [3.8, 4) is 22.6 Å². The van der Waals surface area contributed by atoms with Gasteiger partial charge in [0.1, 0.15) is 23.3 Å². The monoisotopic (exact) mass is 479 g/mol. The Morgan fingerprint density at radius 1 is 0.972 bits per heavy atom. The first-order chi connectivity index (χ1) is 17.7. The van der Waals surface area contributed by atoms with Gasteiger partial charge in [-0.25, -0.2) is 0 Å². The lowest BCUT2D eigenvalue weighted by Crippen LogP contribution is -2.40. The molecule has 0 radical (unpaired) electrons. The van der Waals surface area contributed by atoms with Crippen molar-refractivity contribution in [1.29, 1.82) is 0 Å². The number of carbonyl (C=O) groups excluding carboxylic acids is 1. The molecule has 0 aliphatic carbocycles. The van der Waals surface area contributed by atoms with Gasteiger partial charge in [-0.1, -0.05) is 36.8 Å². The van der Waals surface area contributed by atoms with Crippen molar-refractivity contribution in [1.82, 2.24) is 4.90 Å². The van der Waals surface area contributed by atoms with Gasteiger partial charge in [-0.3, -0.25) is 9.69 Å². The average Bonchev–Trinajstić information content (AvgIpc) is 3.31. The molecule has 1 aromatic heterocycles. The van der Waals surface area contributed by atoms with Crippen LogP contribution < -0.4 is 9.47 Å². The van der Waals surface area contributed by atoms with Crippen molar-refractivity contribution >= 4 is 16.8 Å². The summed E-state index contributed by atoms with van der Waals surface area (Å²) in [7, 11) is 0. The van der Waals surface area contributed by atoms with E-state index in [1.165, 1.54) is 19.3 Å². The molecule has 1 saturated heterocycles. The quantitative estimate of drug-likeness (QED) is 0.279. The number of benzene rings is 3. The van der Waals surface area contributed by atoms with E-state index in [2.05, 4.69) is 17.9 Å². The van der Waals surface area contributed by atoms with Crippen LogP contribution in [0, 0.1) is 0 Å². The molecular formula is C31H29NO4. The van der Waals surface area contributed by atoms with E-state index in [1.807, 2.05) is 66.7 Å². The molecule has 0 saturated carbocycles. The standard InChI is InChI=1S/C31H29NO4/c1-21(32-16-6-3-7-17-32)35-25-14-12-23(13-15-25)30(33)31-29(22-9-4-2-5-10-22)26-19-24-11-8-18-34-27(24)20-28(26)36-31/h2,4-5,8-10,12-15,18-21H,3,6-7,11,16-17H2,1H3. The third-order valence-electron chi connectivity index (χ3n) is 7.10. The Kier molecular flexibility index (Phi) is 6.08. The Hall–Kier alpha value is -3.83. The Balaban J connectivity index is 1.33. The predicted octanol–water partition coefficient (Wildman–Crippen LogP) is 6.99. The van der Waals surface area contributed by atoms with E-state index in [9.17, 15) is 4.79 Å². The molecule has 4 aromatic rings. The van der Waals surface area contributed by atoms with Crippen LogP contribution in [0.4, 0.5) is 0 Å². The maximum Gasteiger partial charge on any atom is 0.228 e. The maximum absolute atomic E-state index is 13.7. The van der Waals surface area contributed by atoms with Crippen molar-refractivity contribution in [2.45, 2.75) is 38.8 Å². The van der Waals surface area contributed by atoms with Crippen LogP contribution in [0.3, 0.4) is 0 Å². The second kappa shape index (κ2) is 9.67. The fourth-order valence-electron chi connectivity index (χ4n) is 5.16. The first-order valence-corrected chi connectivity index (χ1v) is 12.7. The number of likely N-dealkylation sites (tertiary alicyclic amines) is 1. The summed E-state index contributed by atoms with van der Waals surface area (Å²) in [5, 5.41) is 0.914. The van der Waals surface area contributed by atoms with Crippen LogP contribution in [0.5, 0.6) is 11.5 Å². The Labute approximate surface area is 210 Å². The molecule has 1 unspecified atom stereocenters. The molecule has 2 aliphatic heterocycles. The Morgan fingerprint density at radius 3 is 2.53 bits per heavy atom. The van der Waals surface area contributed by atoms with Gasteiger partial charge in [0.2, 0.25) is 5.78 Å². The number of hydrogen-bond donors (Lipinski definition) is 0. The largest absolute Gasteiger partial charge is 0.475 e. The van der Waals surface area contributed by atoms with Gasteiger partial charge in [-0.15, -0.1) is 0 Å². The van der Waals surface area contributed by atoms with Crippen LogP contribution in [0.15, 0.2) is 83.5 Å². The van der Waals surface area contributed by atoms with Gasteiger partial charge in [0.25, 0.3) is 0 Å². The lowest BCUT2D eigenvalue weighted by atomic mass is 9.96. The zero-order valence-electron chi connectivity index (χ0n) is 20.4. The number of carbonyl (C=O) groups is 1. The summed E-state index contributed by atoms with van der Waals surface area (Å²) in [6.07, 6.45) is 8.19. The van der Waals surface area contributed by atoms with Crippen molar-refractivity contribution < 1.29 is 18.7 Å². The molecule has 2 aliphatic rings. The topological polar surface area (TPSA) is 51.9 Å². The number of fused-ring (bicyclic) bond motifs is 2. The van der Waals surface area contributed by atoms with E-state index in [4.69, 9.17) is 13.9 Å². The zero-order chi connectivity index (χ0) is 24.5. The third-order valence-corrected chi connectivity index (χ3v) is 7.10. The number of furan rings is 1. The zero-order valence-corrected chi connectivity index (χ0v) is 20.4. The van der Waals surface area contributed by atoms with Gasteiger partial charge in [0.05, 0.1) is 6.26 Å². The summed E-state index contributed by atoms with van der Waals surface area (Å²) in [6.45, 7) is 4.22. The number of allylic oxidation sites excluding steroid dienone is 1. The summed E-state index contributed by atoms with van der Waals surface area (Å²) in [5.74, 6) is 1.70. The second-order valence-electron chi connectivity index (χ2n) is 9.49. The molecule has 0 N–H and O–H groups in total. The fraction of sp³-hybridized carbons (Fsp3) is 0.258. The number of nitrogens with zero attached hydrogens (tertiary/aromatic N) is 1. The minimum atomic E-state index is -0.155. The van der Waals surface area contributed by atoms with E-state index in [0.717, 1.165) is 53.1 Å². The Bertz CT molecular complexity index is 1410. The van der Waals surface area contributed by atoms with Gasteiger partial charge in [-0.05, 0) is 73.7 Å². The lowest BCUT2D eigenvalue weighted by Gasteiger charge is -2.32. The molecule has 5 nitrogen and oxygen atoms in total. The smallest absolute Gasteiger partial charge is 0.228 e. The maximum atomic E-state index is 13.7. The lowest BCUT2D eigenvalue weighted by molar-refractivity contribution is 0.0262. The predicted molar refractivity (Wildman–Crippen MR) is 141 cm³/mol. The summed E-state index contributed by atoms with van der Waals surface area (Å²) in [4.78, 5) is 16.1. The van der Waals surface area contributed by atoms with Crippen LogP contribution in [0.2, 0.25) is 0 Å². The summed E-state index contributed by atoms with van der Waals surface area (Å²) in [5.41, 5.74) is 4.04. The average molecular weight is 480 g/mol. The highest BCUT2D eigenvalue weighted by Crippen LogP contribution is 2.40. The van der Waals surface area contributed by atoms with Gasteiger partial charge >= 0.3 is 0 Å². The van der Waals surface area contributed by atoms with Crippen LogP contribution in [0.25, 0.3) is 22.1 Å². The minimum Gasteiger partial charge on any atom is -0.475 e. The van der Waals surface area contributed by atoms with E-state index < -0.39 is 0 Å². The van der Waals surface area contributed by atoms with Crippen LogP contribution >= 0.6 is 0 Å². The Morgan fingerprint density at radius 2 is 1.75 bits per heavy atom. The van der Waals surface area contributed by atoms with Gasteiger partial charge in [-0.2, -0.15) is 0 Å². The summed E-state index contributed by atoms with van der Waals surface area (Å²) < 4.78 is 18.1. The highest BCUT2D eigenvalue weighted by molar-refractivity contribution is 6.15. The normalized spacial score (nSPS) is 16.4. The van der Waals surface area contributed by atoms with Crippen molar-refractivity contribution in [3.63, 3.8) is 0 Å². The van der Waals surface area contributed by atoms with Crippen LogP contribution in [-0.4, -0.2) is 30.0 Å². The number of hydrogen-bond acceptors (Lipinski definition) is 5. The van der Waals surface area contributed by atoms with Gasteiger partial charge in [0.15, 0.2) is 5.76 Å². The summed E-state index contributed by atoms with van der Waals surface area (Å²) in [6, 6.07) is 21.3. The van der Waals surface area contributed by atoms with Crippen LogP contribution in [-0.2, 0) is 6.42 Å². The molecule has 3 heterocycles. The number of ether oxygens (including phenoxy) is 2. The van der Waals surface area contributed by atoms with Gasteiger partial charge < -0.3 is 13.9 Å².